The van der Waals surface area contributed by atoms with Gasteiger partial charge in [-0.1, -0.05) is 25.1 Å². The van der Waals surface area contributed by atoms with Gasteiger partial charge in [0.1, 0.15) is 0 Å². The third-order valence-corrected chi connectivity index (χ3v) is 5.51. The van der Waals surface area contributed by atoms with Crippen LogP contribution in [0.25, 0.3) is 10.9 Å². The van der Waals surface area contributed by atoms with Gasteiger partial charge >= 0.3 is 5.97 Å². The number of hydrogen-bond donors (Lipinski definition) is 2. The Morgan fingerprint density at radius 1 is 1.10 bits per heavy atom. The summed E-state index contributed by atoms with van der Waals surface area (Å²) in [5.74, 6) is -1.17. The number of fused-ring (bicyclic) bond motifs is 1. The molecular formula is C21H21N3O5S. The standard InChI is InChI=1S/C21H21N3O5S/c1-3-17-13(2)20(16-6-4-5-7-18(16)24-17)21(26)29-12-19(25)23-14-8-10-15(11-9-14)30(22,27)28/h4-11H,3,12H2,1-2H3,(H,23,25)(H2,22,27,28). The van der Waals surface area contributed by atoms with Crippen LogP contribution in [0.5, 0.6) is 0 Å². The lowest BCUT2D eigenvalue weighted by molar-refractivity contribution is -0.119. The second-order valence-electron chi connectivity index (χ2n) is 6.62. The number of nitrogens with one attached hydrogen (secondary N) is 1. The molecule has 3 rings (SSSR count). The van der Waals surface area contributed by atoms with E-state index in [0.717, 1.165) is 11.3 Å². The zero-order valence-corrected chi connectivity index (χ0v) is 17.3. The van der Waals surface area contributed by atoms with Crippen LogP contribution in [-0.4, -0.2) is 31.9 Å². The Hall–Kier alpha value is -3.30. The highest BCUT2D eigenvalue weighted by Gasteiger charge is 2.19. The molecular weight excluding hydrogens is 406 g/mol. The Bertz CT molecular complexity index is 1220. The van der Waals surface area contributed by atoms with Gasteiger partial charge in [-0.3, -0.25) is 9.78 Å². The average molecular weight is 427 g/mol. The molecule has 1 aromatic heterocycles. The van der Waals surface area contributed by atoms with Crippen molar-refractivity contribution in [2.24, 2.45) is 5.14 Å². The molecule has 156 valence electrons. The number of amides is 1. The van der Waals surface area contributed by atoms with Gasteiger partial charge in [-0.25, -0.2) is 18.4 Å². The molecule has 0 atom stereocenters. The highest BCUT2D eigenvalue weighted by Crippen LogP contribution is 2.24. The summed E-state index contributed by atoms with van der Waals surface area (Å²) in [5.41, 5.74) is 2.94. The molecule has 8 nitrogen and oxygen atoms in total. The van der Waals surface area contributed by atoms with Crippen LogP contribution in [0.1, 0.15) is 28.5 Å². The number of carbonyl (C=O) groups excluding carboxylic acids is 2. The molecule has 0 aliphatic heterocycles. The van der Waals surface area contributed by atoms with Crippen molar-refractivity contribution in [3.8, 4) is 0 Å². The predicted octanol–water partition coefficient (Wildman–Crippen LogP) is 2.55. The van der Waals surface area contributed by atoms with E-state index in [4.69, 9.17) is 9.88 Å². The van der Waals surface area contributed by atoms with Crippen molar-refractivity contribution in [3.05, 3.63) is 65.4 Å². The maximum atomic E-state index is 12.7. The molecule has 0 bridgehead atoms. The normalized spacial score (nSPS) is 11.3. The van der Waals surface area contributed by atoms with E-state index in [2.05, 4.69) is 10.3 Å². The van der Waals surface area contributed by atoms with Crippen LogP contribution in [-0.2, 0) is 26.0 Å². The third-order valence-electron chi connectivity index (χ3n) is 4.58. The lowest BCUT2D eigenvalue weighted by Crippen LogP contribution is -2.22. The van der Waals surface area contributed by atoms with E-state index in [-0.39, 0.29) is 4.90 Å². The van der Waals surface area contributed by atoms with Crippen LogP contribution in [0.4, 0.5) is 5.69 Å². The summed E-state index contributed by atoms with van der Waals surface area (Å²) in [7, 11) is -3.82. The number of aromatic nitrogens is 1. The first-order chi connectivity index (χ1) is 14.2. The van der Waals surface area contributed by atoms with E-state index in [1.54, 1.807) is 6.07 Å². The zero-order chi connectivity index (χ0) is 21.9. The number of nitrogens with two attached hydrogens (primary N) is 1. The van der Waals surface area contributed by atoms with E-state index < -0.39 is 28.5 Å². The van der Waals surface area contributed by atoms with Crippen molar-refractivity contribution in [2.45, 2.75) is 25.2 Å². The van der Waals surface area contributed by atoms with Gasteiger partial charge in [-0.05, 0) is 49.2 Å². The van der Waals surface area contributed by atoms with E-state index in [1.807, 2.05) is 32.0 Å². The summed E-state index contributed by atoms with van der Waals surface area (Å²) in [5, 5.41) is 8.24. The topological polar surface area (TPSA) is 128 Å². The zero-order valence-electron chi connectivity index (χ0n) is 16.5. The van der Waals surface area contributed by atoms with E-state index in [1.165, 1.54) is 24.3 Å². The fourth-order valence-corrected chi connectivity index (χ4v) is 3.61. The Kier molecular flexibility index (Phi) is 6.14. The van der Waals surface area contributed by atoms with Crippen LogP contribution >= 0.6 is 0 Å². The van der Waals surface area contributed by atoms with Crippen LogP contribution in [0, 0.1) is 6.92 Å². The fraction of sp³-hybridized carbons (Fsp3) is 0.190. The van der Waals surface area contributed by atoms with Crippen molar-refractivity contribution < 1.29 is 22.7 Å². The Balaban J connectivity index is 1.73. The van der Waals surface area contributed by atoms with Crippen LogP contribution in [0.15, 0.2) is 53.4 Å². The SMILES string of the molecule is CCc1nc2ccccc2c(C(=O)OCC(=O)Nc2ccc(S(N)(=O)=O)cc2)c1C. The second kappa shape index (κ2) is 8.60. The number of anilines is 1. The number of benzene rings is 2. The summed E-state index contributed by atoms with van der Waals surface area (Å²) in [6, 6.07) is 12.6. The number of primary sulfonamides is 1. The number of sulfonamides is 1. The molecule has 0 fully saturated rings. The van der Waals surface area contributed by atoms with Gasteiger partial charge in [0.15, 0.2) is 6.61 Å². The smallest absolute Gasteiger partial charge is 0.339 e. The molecule has 0 aliphatic rings. The van der Waals surface area contributed by atoms with Crippen molar-refractivity contribution in [1.82, 2.24) is 4.98 Å². The van der Waals surface area contributed by atoms with E-state index in [0.29, 0.717) is 28.6 Å². The Labute approximate surface area is 174 Å². The van der Waals surface area contributed by atoms with Gasteiger partial charge in [0.2, 0.25) is 10.0 Å². The van der Waals surface area contributed by atoms with Crippen molar-refractivity contribution in [1.29, 1.82) is 0 Å². The van der Waals surface area contributed by atoms with Crippen molar-refractivity contribution in [2.75, 3.05) is 11.9 Å². The number of carbonyl (C=O) groups is 2. The predicted molar refractivity (Wildman–Crippen MR) is 113 cm³/mol. The molecule has 3 N–H and O–H groups in total. The highest BCUT2D eigenvalue weighted by molar-refractivity contribution is 7.89. The molecule has 3 aromatic rings. The molecule has 0 unspecified atom stereocenters. The number of ether oxygens (including phenoxy) is 1. The van der Waals surface area contributed by atoms with Gasteiger partial charge in [0.25, 0.3) is 5.91 Å². The number of aryl methyl sites for hydroxylation is 1. The minimum Gasteiger partial charge on any atom is -0.452 e. The van der Waals surface area contributed by atoms with Gasteiger partial charge < -0.3 is 10.1 Å². The quantitative estimate of drug-likeness (QED) is 0.582. The monoisotopic (exact) mass is 427 g/mol. The molecule has 30 heavy (non-hydrogen) atoms. The lowest BCUT2D eigenvalue weighted by Gasteiger charge is -2.13. The molecule has 2 aromatic carbocycles. The first-order valence-corrected chi connectivity index (χ1v) is 10.7. The number of hydrogen-bond acceptors (Lipinski definition) is 6. The van der Waals surface area contributed by atoms with Crippen LogP contribution in [0.3, 0.4) is 0 Å². The van der Waals surface area contributed by atoms with Crippen molar-refractivity contribution in [3.63, 3.8) is 0 Å². The van der Waals surface area contributed by atoms with Gasteiger partial charge in [-0.15, -0.1) is 0 Å². The molecule has 1 heterocycles. The molecule has 0 aliphatic carbocycles. The summed E-state index contributed by atoms with van der Waals surface area (Å²) >= 11 is 0. The number of nitrogens with zero attached hydrogens (tertiary/aromatic N) is 1. The lowest BCUT2D eigenvalue weighted by atomic mass is 10.0. The van der Waals surface area contributed by atoms with E-state index in [9.17, 15) is 18.0 Å². The third kappa shape index (κ3) is 4.64. The van der Waals surface area contributed by atoms with E-state index >= 15 is 0 Å². The van der Waals surface area contributed by atoms with Gasteiger partial charge in [-0.2, -0.15) is 0 Å². The Morgan fingerprint density at radius 3 is 2.40 bits per heavy atom. The Morgan fingerprint density at radius 2 is 1.77 bits per heavy atom. The van der Waals surface area contributed by atoms with Crippen LogP contribution < -0.4 is 10.5 Å². The fourth-order valence-electron chi connectivity index (χ4n) is 3.09. The largest absolute Gasteiger partial charge is 0.452 e. The minimum absolute atomic E-state index is 0.0707. The highest BCUT2D eigenvalue weighted by atomic mass is 32.2. The molecule has 0 spiro atoms. The van der Waals surface area contributed by atoms with Crippen LogP contribution in [0.2, 0.25) is 0 Å². The number of pyridine rings is 1. The van der Waals surface area contributed by atoms with Gasteiger partial charge in [0, 0.05) is 16.8 Å². The summed E-state index contributed by atoms with van der Waals surface area (Å²) < 4.78 is 27.8. The number of esters is 1. The summed E-state index contributed by atoms with van der Waals surface area (Å²) in [6.07, 6.45) is 0.659. The first-order valence-electron chi connectivity index (χ1n) is 9.18. The maximum Gasteiger partial charge on any atom is 0.339 e. The minimum atomic E-state index is -3.82. The molecule has 0 radical (unpaired) electrons. The first kappa shape index (κ1) is 21.4. The molecule has 9 heteroatoms. The average Bonchev–Trinajstić information content (AvgIpc) is 2.71. The maximum absolute atomic E-state index is 12.7. The molecule has 0 saturated carbocycles. The number of para-hydroxylation sites is 1. The molecule has 1 amide bonds. The number of rotatable bonds is 6. The van der Waals surface area contributed by atoms with Gasteiger partial charge in [0.05, 0.1) is 16.0 Å². The van der Waals surface area contributed by atoms with Crippen molar-refractivity contribution >= 4 is 38.5 Å². The molecule has 0 saturated heterocycles. The summed E-state index contributed by atoms with van der Waals surface area (Å²) in [6.45, 7) is 3.27. The second-order valence-corrected chi connectivity index (χ2v) is 8.18. The summed E-state index contributed by atoms with van der Waals surface area (Å²) in [4.78, 5) is 29.4.